The van der Waals surface area contributed by atoms with Crippen LogP contribution in [-0.2, 0) is 6.54 Å². The first-order valence-corrected chi connectivity index (χ1v) is 7.50. The van der Waals surface area contributed by atoms with Crippen molar-refractivity contribution in [1.82, 2.24) is 15.1 Å². The monoisotopic (exact) mass is 337 g/mol. The van der Waals surface area contributed by atoms with Crippen molar-refractivity contribution in [2.75, 3.05) is 6.54 Å². The maximum Gasteiger partial charge on any atom is 0.0914 e. The van der Waals surface area contributed by atoms with Gasteiger partial charge in [0.1, 0.15) is 0 Å². The number of benzene rings is 1. The lowest BCUT2D eigenvalue weighted by atomic mass is 10.1. The number of halogens is 1. The minimum atomic E-state index is -0.484. The van der Waals surface area contributed by atoms with Gasteiger partial charge in [-0.05, 0) is 35.3 Å². The van der Waals surface area contributed by atoms with Gasteiger partial charge in [-0.15, -0.1) is 0 Å². The van der Waals surface area contributed by atoms with E-state index in [1.54, 1.807) is 6.20 Å². The molecule has 1 aromatic heterocycles. The molecule has 0 aliphatic heterocycles. The van der Waals surface area contributed by atoms with Crippen LogP contribution in [0, 0.1) is 6.92 Å². The van der Waals surface area contributed by atoms with E-state index in [0.717, 1.165) is 16.6 Å². The van der Waals surface area contributed by atoms with Crippen molar-refractivity contribution in [3.63, 3.8) is 0 Å². The van der Waals surface area contributed by atoms with Crippen molar-refractivity contribution in [3.8, 4) is 0 Å². The number of nitrogens with zero attached hydrogens (tertiary/aromatic N) is 2. The highest BCUT2D eigenvalue weighted by Crippen LogP contribution is 2.13. The fourth-order valence-electron chi connectivity index (χ4n) is 2.00. The predicted molar refractivity (Wildman–Crippen MR) is 83.5 cm³/mol. The van der Waals surface area contributed by atoms with Gasteiger partial charge in [-0.3, -0.25) is 4.68 Å². The Morgan fingerprint density at radius 2 is 2.05 bits per heavy atom. The third kappa shape index (κ3) is 4.44. The number of nitrogens with one attached hydrogen (secondary N) is 1. The van der Waals surface area contributed by atoms with E-state index in [9.17, 15) is 5.11 Å². The molecular weight excluding hydrogens is 318 g/mol. The summed E-state index contributed by atoms with van der Waals surface area (Å²) >= 11 is 3.38. The van der Waals surface area contributed by atoms with Crippen LogP contribution >= 0.6 is 15.9 Å². The van der Waals surface area contributed by atoms with Gasteiger partial charge in [0.25, 0.3) is 0 Å². The van der Waals surface area contributed by atoms with Crippen LogP contribution in [0.25, 0.3) is 0 Å². The van der Waals surface area contributed by atoms with E-state index in [1.807, 2.05) is 42.1 Å². The Balaban J connectivity index is 1.80. The lowest BCUT2D eigenvalue weighted by molar-refractivity contribution is 0.169. The third-order valence-corrected chi connectivity index (χ3v) is 3.59. The molecule has 0 spiro atoms. The van der Waals surface area contributed by atoms with Gasteiger partial charge < -0.3 is 10.4 Å². The van der Waals surface area contributed by atoms with E-state index < -0.39 is 6.10 Å². The van der Waals surface area contributed by atoms with Crippen LogP contribution in [0.1, 0.15) is 24.2 Å². The topological polar surface area (TPSA) is 50.1 Å². The first kappa shape index (κ1) is 15.2. The Bertz CT molecular complexity index is 538. The van der Waals surface area contributed by atoms with Gasteiger partial charge >= 0.3 is 0 Å². The SMILES string of the molecule is Cc1ccc(C(O)CNC(C)Cn2cc(Br)cn2)cc1. The zero-order valence-corrected chi connectivity index (χ0v) is 13.3. The molecule has 2 aromatic rings. The average molecular weight is 338 g/mol. The summed E-state index contributed by atoms with van der Waals surface area (Å²) < 4.78 is 2.85. The highest BCUT2D eigenvalue weighted by atomic mass is 79.9. The van der Waals surface area contributed by atoms with Gasteiger partial charge in [0, 0.05) is 18.8 Å². The molecule has 4 nitrogen and oxygen atoms in total. The zero-order valence-electron chi connectivity index (χ0n) is 11.8. The molecule has 2 unspecified atom stereocenters. The van der Waals surface area contributed by atoms with Gasteiger partial charge in [-0.2, -0.15) is 5.10 Å². The summed E-state index contributed by atoms with van der Waals surface area (Å²) in [6, 6.07) is 8.21. The molecule has 0 saturated carbocycles. The molecule has 0 fully saturated rings. The lowest BCUT2D eigenvalue weighted by Crippen LogP contribution is -2.33. The van der Waals surface area contributed by atoms with Crippen LogP contribution < -0.4 is 5.32 Å². The molecule has 2 atom stereocenters. The van der Waals surface area contributed by atoms with Crippen LogP contribution in [0.3, 0.4) is 0 Å². The quantitative estimate of drug-likeness (QED) is 0.851. The Hall–Kier alpha value is -1.17. The summed E-state index contributed by atoms with van der Waals surface area (Å²) in [5.74, 6) is 0. The van der Waals surface area contributed by atoms with Crippen LogP contribution in [0.4, 0.5) is 0 Å². The molecule has 20 heavy (non-hydrogen) atoms. The molecule has 0 saturated heterocycles. The van der Waals surface area contributed by atoms with E-state index in [0.29, 0.717) is 6.54 Å². The van der Waals surface area contributed by atoms with Crippen molar-refractivity contribution in [2.24, 2.45) is 0 Å². The maximum absolute atomic E-state index is 10.1. The van der Waals surface area contributed by atoms with Gasteiger partial charge in [0.15, 0.2) is 0 Å². The number of aryl methyl sites for hydroxylation is 1. The number of aliphatic hydroxyl groups is 1. The normalized spacial score (nSPS) is 14.2. The Kier molecular flexibility index (Phi) is 5.34. The Labute approximate surface area is 127 Å². The van der Waals surface area contributed by atoms with E-state index >= 15 is 0 Å². The highest BCUT2D eigenvalue weighted by molar-refractivity contribution is 9.10. The molecule has 0 bridgehead atoms. The number of rotatable bonds is 6. The number of hydrogen-bond acceptors (Lipinski definition) is 3. The van der Waals surface area contributed by atoms with E-state index in [4.69, 9.17) is 0 Å². The number of aromatic nitrogens is 2. The lowest BCUT2D eigenvalue weighted by Gasteiger charge is -2.17. The molecule has 0 aliphatic carbocycles. The summed E-state index contributed by atoms with van der Waals surface area (Å²) in [6.07, 6.45) is 3.23. The molecule has 0 aliphatic rings. The number of aliphatic hydroxyl groups excluding tert-OH is 1. The van der Waals surface area contributed by atoms with Crippen LogP contribution in [0.5, 0.6) is 0 Å². The smallest absolute Gasteiger partial charge is 0.0914 e. The van der Waals surface area contributed by atoms with E-state index in [-0.39, 0.29) is 6.04 Å². The molecule has 0 radical (unpaired) electrons. The third-order valence-electron chi connectivity index (χ3n) is 3.18. The van der Waals surface area contributed by atoms with Gasteiger partial charge in [-0.25, -0.2) is 0 Å². The Morgan fingerprint density at radius 3 is 2.65 bits per heavy atom. The minimum Gasteiger partial charge on any atom is -0.387 e. The molecule has 0 amide bonds. The predicted octanol–water partition coefficient (Wildman–Crippen LogP) is 2.67. The molecule has 1 heterocycles. The Morgan fingerprint density at radius 1 is 1.35 bits per heavy atom. The van der Waals surface area contributed by atoms with Gasteiger partial charge in [0.05, 0.1) is 23.3 Å². The fraction of sp³-hybridized carbons (Fsp3) is 0.400. The second-order valence-electron chi connectivity index (χ2n) is 5.12. The largest absolute Gasteiger partial charge is 0.387 e. The molecule has 108 valence electrons. The van der Waals surface area contributed by atoms with E-state index in [1.165, 1.54) is 5.56 Å². The van der Waals surface area contributed by atoms with Crippen molar-refractivity contribution >= 4 is 15.9 Å². The zero-order chi connectivity index (χ0) is 14.5. The highest BCUT2D eigenvalue weighted by Gasteiger charge is 2.10. The summed E-state index contributed by atoms with van der Waals surface area (Å²) in [5, 5.41) is 17.7. The molecule has 1 aromatic carbocycles. The summed E-state index contributed by atoms with van der Waals surface area (Å²) in [7, 11) is 0. The second kappa shape index (κ2) is 7.02. The van der Waals surface area contributed by atoms with Crippen molar-refractivity contribution in [3.05, 3.63) is 52.3 Å². The number of hydrogen-bond donors (Lipinski definition) is 2. The van der Waals surface area contributed by atoms with Crippen LogP contribution in [-0.4, -0.2) is 27.5 Å². The van der Waals surface area contributed by atoms with Crippen LogP contribution in [0.2, 0.25) is 0 Å². The van der Waals surface area contributed by atoms with Crippen molar-refractivity contribution in [2.45, 2.75) is 32.5 Å². The fourth-order valence-corrected chi connectivity index (χ4v) is 2.33. The molecular formula is C15H20BrN3O. The van der Waals surface area contributed by atoms with Crippen LogP contribution in [0.15, 0.2) is 41.1 Å². The summed E-state index contributed by atoms with van der Waals surface area (Å²) in [6.45, 7) is 5.43. The van der Waals surface area contributed by atoms with Gasteiger partial charge in [-0.1, -0.05) is 29.8 Å². The van der Waals surface area contributed by atoms with Crippen molar-refractivity contribution in [1.29, 1.82) is 0 Å². The van der Waals surface area contributed by atoms with E-state index in [2.05, 4.69) is 33.3 Å². The molecule has 5 heteroatoms. The maximum atomic E-state index is 10.1. The second-order valence-corrected chi connectivity index (χ2v) is 6.03. The standard InChI is InChI=1S/C15H20BrN3O/c1-11-3-5-13(6-4-11)15(20)8-17-12(2)9-19-10-14(16)7-18-19/h3-7,10,12,15,17,20H,8-9H2,1-2H3. The minimum absolute atomic E-state index is 0.238. The average Bonchev–Trinajstić information content (AvgIpc) is 2.82. The van der Waals surface area contributed by atoms with Gasteiger partial charge in [0.2, 0.25) is 0 Å². The summed E-state index contributed by atoms with van der Waals surface area (Å²) in [5.41, 5.74) is 2.14. The summed E-state index contributed by atoms with van der Waals surface area (Å²) in [4.78, 5) is 0. The molecule has 2 rings (SSSR count). The van der Waals surface area contributed by atoms with Crippen molar-refractivity contribution < 1.29 is 5.11 Å². The first-order valence-electron chi connectivity index (χ1n) is 6.70. The molecule has 2 N–H and O–H groups in total. The first-order chi connectivity index (χ1) is 9.54.